The molecular weight excluding hydrogens is 392 g/mol. The number of carboxylic acid groups (broad SMARTS) is 1. The molecule has 0 saturated carbocycles. The lowest BCUT2D eigenvalue weighted by atomic mass is 10.0. The molecule has 0 aliphatic rings. The molecule has 1 unspecified atom stereocenters. The van der Waals surface area contributed by atoms with Gasteiger partial charge in [0.1, 0.15) is 19.3 Å². The van der Waals surface area contributed by atoms with E-state index in [1.54, 1.807) is 0 Å². The van der Waals surface area contributed by atoms with Gasteiger partial charge in [-0.05, 0) is 6.42 Å². The van der Waals surface area contributed by atoms with E-state index in [-0.39, 0.29) is 13.0 Å². The van der Waals surface area contributed by atoms with Crippen LogP contribution in [0.5, 0.6) is 0 Å². The average Bonchev–Trinajstić information content (AvgIpc) is 2.70. The van der Waals surface area contributed by atoms with Gasteiger partial charge in [-0.25, -0.2) is 4.79 Å². The van der Waals surface area contributed by atoms with Crippen molar-refractivity contribution in [1.82, 2.24) is 0 Å². The predicted molar refractivity (Wildman–Crippen MR) is 112 cm³/mol. The Morgan fingerprint density at radius 2 is 1.20 bits per heavy atom. The van der Waals surface area contributed by atoms with Crippen molar-refractivity contribution < 1.29 is 39.2 Å². The Labute approximate surface area is 179 Å². The van der Waals surface area contributed by atoms with E-state index in [0.717, 1.165) is 19.3 Å². The second-order valence-corrected chi connectivity index (χ2v) is 7.72. The molecule has 0 amide bonds. The van der Waals surface area contributed by atoms with Crippen molar-refractivity contribution in [2.75, 3.05) is 13.2 Å². The van der Waals surface area contributed by atoms with Crippen LogP contribution in [0.4, 0.5) is 0 Å². The van der Waals surface area contributed by atoms with Gasteiger partial charge in [0.2, 0.25) is 0 Å². The fraction of sp³-hybridized carbons (Fsp3) is 0.864. The molecule has 0 spiro atoms. The number of hydrogen-bond acceptors (Lipinski definition) is 7. The summed E-state index contributed by atoms with van der Waals surface area (Å²) < 4.78 is 9.51. The minimum Gasteiger partial charge on any atom is -0.481 e. The molecule has 30 heavy (non-hydrogen) atoms. The van der Waals surface area contributed by atoms with E-state index in [2.05, 4.69) is 11.7 Å². The van der Waals surface area contributed by atoms with E-state index in [4.69, 9.17) is 9.84 Å². The maximum absolute atomic E-state index is 11.7. The normalized spacial score (nSPS) is 12.9. The van der Waals surface area contributed by atoms with Gasteiger partial charge in [-0.3, -0.25) is 9.59 Å². The molecule has 0 fully saturated rings. The van der Waals surface area contributed by atoms with E-state index >= 15 is 0 Å². The van der Waals surface area contributed by atoms with Gasteiger partial charge in [0.05, 0.1) is 6.42 Å². The van der Waals surface area contributed by atoms with Crippen molar-refractivity contribution >= 4 is 17.9 Å². The fourth-order valence-corrected chi connectivity index (χ4v) is 2.94. The van der Waals surface area contributed by atoms with Gasteiger partial charge in [-0.15, -0.1) is 0 Å². The summed E-state index contributed by atoms with van der Waals surface area (Å²) in [6.45, 7) is 1.42. The molecule has 0 rings (SSSR count). The molecule has 0 aliphatic heterocycles. The van der Waals surface area contributed by atoms with E-state index < -0.39 is 43.1 Å². The summed E-state index contributed by atoms with van der Waals surface area (Å²) in [7, 11) is 0. The third-order valence-corrected chi connectivity index (χ3v) is 4.73. The molecule has 0 aromatic rings. The molecule has 8 nitrogen and oxygen atoms in total. The second kappa shape index (κ2) is 19.3. The highest BCUT2D eigenvalue weighted by Gasteiger charge is 2.21. The first-order chi connectivity index (χ1) is 14.4. The van der Waals surface area contributed by atoms with Crippen molar-refractivity contribution in [3.8, 4) is 0 Å². The highest BCUT2D eigenvalue weighted by molar-refractivity contribution is 5.80. The molecule has 0 aliphatic carbocycles. The number of aliphatic hydroxyl groups excluding tert-OH is 2. The van der Waals surface area contributed by atoms with Gasteiger partial charge in [0.15, 0.2) is 6.10 Å². The van der Waals surface area contributed by atoms with Crippen molar-refractivity contribution in [3.63, 3.8) is 0 Å². The average molecular weight is 433 g/mol. The summed E-state index contributed by atoms with van der Waals surface area (Å²) in [5.41, 5.74) is 0. The molecule has 0 aromatic carbocycles. The number of esters is 2. The van der Waals surface area contributed by atoms with Crippen LogP contribution in [0.3, 0.4) is 0 Å². The van der Waals surface area contributed by atoms with Crippen LogP contribution in [0.25, 0.3) is 0 Å². The van der Waals surface area contributed by atoms with Gasteiger partial charge in [0, 0.05) is 6.42 Å². The molecule has 3 N–H and O–H groups in total. The van der Waals surface area contributed by atoms with E-state index in [0.29, 0.717) is 0 Å². The number of ether oxygens (including phenoxy) is 2. The molecule has 2 atom stereocenters. The first-order valence-corrected chi connectivity index (χ1v) is 11.3. The highest BCUT2D eigenvalue weighted by atomic mass is 16.6. The zero-order valence-electron chi connectivity index (χ0n) is 18.4. The minimum atomic E-state index is -1.79. The van der Waals surface area contributed by atoms with Crippen LogP contribution in [0.15, 0.2) is 0 Å². The highest BCUT2D eigenvalue weighted by Crippen LogP contribution is 2.12. The van der Waals surface area contributed by atoms with Crippen LogP contribution in [-0.2, 0) is 23.9 Å². The molecule has 0 bridgehead atoms. The van der Waals surface area contributed by atoms with Gasteiger partial charge in [-0.2, -0.15) is 0 Å². The Bertz CT molecular complexity index is 466. The Kier molecular flexibility index (Phi) is 18.2. The molecule has 0 radical (unpaired) electrons. The van der Waals surface area contributed by atoms with E-state index in [9.17, 15) is 24.6 Å². The van der Waals surface area contributed by atoms with Crippen LogP contribution < -0.4 is 0 Å². The lowest BCUT2D eigenvalue weighted by Crippen LogP contribution is -2.31. The first-order valence-electron chi connectivity index (χ1n) is 11.3. The topological polar surface area (TPSA) is 130 Å². The second-order valence-electron chi connectivity index (χ2n) is 7.72. The standard InChI is InChI=1S/C22H40O8/c1-2-3-4-5-6-7-8-9-10-11-12-13-14-21(27)29-16-18(23)17-30-22(28)19(24)15-20(25)26/h18-19,23-24H,2-17H2,1H3,(H,25,26)/t18?,19-/m0/s1. The van der Waals surface area contributed by atoms with Crippen LogP contribution in [0, 0.1) is 0 Å². The van der Waals surface area contributed by atoms with Crippen LogP contribution in [-0.4, -0.2) is 58.6 Å². The summed E-state index contributed by atoms with van der Waals surface area (Å²) in [5.74, 6) is -2.90. The quantitative estimate of drug-likeness (QED) is 0.197. The Balaban J connectivity index is 3.52. The third-order valence-electron chi connectivity index (χ3n) is 4.73. The molecule has 8 heteroatoms. The smallest absolute Gasteiger partial charge is 0.335 e. The predicted octanol–water partition coefficient (Wildman–Crippen LogP) is 3.36. The third kappa shape index (κ3) is 18.4. The maximum Gasteiger partial charge on any atom is 0.335 e. The summed E-state index contributed by atoms with van der Waals surface area (Å²) in [6.07, 6.45) is 11.0. The number of carbonyl (C=O) groups is 3. The van der Waals surface area contributed by atoms with Crippen molar-refractivity contribution in [2.45, 2.75) is 109 Å². The van der Waals surface area contributed by atoms with E-state index in [1.165, 1.54) is 57.8 Å². The van der Waals surface area contributed by atoms with Gasteiger partial charge in [0.25, 0.3) is 0 Å². The number of aliphatic hydroxyl groups is 2. The number of rotatable bonds is 20. The SMILES string of the molecule is CCCCCCCCCCCCCCC(=O)OCC(O)COC(=O)[C@@H](O)CC(=O)O. The number of carbonyl (C=O) groups excluding carboxylic acids is 2. The number of carboxylic acids is 1. The Morgan fingerprint density at radius 1 is 0.733 bits per heavy atom. The molecular formula is C22H40O8. The summed E-state index contributed by atoms with van der Waals surface area (Å²) in [6, 6.07) is 0. The first kappa shape index (κ1) is 28.3. The Hall–Kier alpha value is -1.67. The lowest BCUT2D eigenvalue weighted by Gasteiger charge is -2.13. The number of hydrogen-bond donors (Lipinski definition) is 3. The summed E-state index contributed by atoms with van der Waals surface area (Å²) >= 11 is 0. The Morgan fingerprint density at radius 3 is 1.70 bits per heavy atom. The lowest BCUT2D eigenvalue weighted by molar-refractivity contribution is -0.162. The minimum absolute atomic E-state index is 0.279. The summed E-state index contributed by atoms with van der Waals surface area (Å²) in [5, 5.41) is 27.3. The van der Waals surface area contributed by atoms with Crippen molar-refractivity contribution in [1.29, 1.82) is 0 Å². The number of unbranched alkanes of at least 4 members (excludes halogenated alkanes) is 11. The number of aliphatic carboxylic acids is 1. The van der Waals surface area contributed by atoms with Crippen molar-refractivity contribution in [3.05, 3.63) is 0 Å². The van der Waals surface area contributed by atoms with Gasteiger partial charge >= 0.3 is 17.9 Å². The molecule has 0 saturated heterocycles. The van der Waals surface area contributed by atoms with Crippen molar-refractivity contribution in [2.24, 2.45) is 0 Å². The molecule has 0 heterocycles. The fourth-order valence-electron chi connectivity index (χ4n) is 2.94. The zero-order valence-corrected chi connectivity index (χ0v) is 18.4. The van der Waals surface area contributed by atoms with Crippen LogP contribution >= 0.6 is 0 Å². The van der Waals surface area contributed by atoms with Gasteiger partial charge in [-0.1, -0.05) is 77.6 Å². The molecule has 0 aromatic heterocycles. The zero-order chi connectivity index (χ0) is 22.6. The van der Waals surface area contributed by atoms with Crippen LogP contribution in [0.2, 0.25) is 0 Å². The molecule has 176 valence electrons. The maximum atomic E-state index is 11.7. The van der Waals surface area contributed by atoms with E-state index in [1.807, 2.05) is 0 Å². The van der Waals surface area contributed by atoms with Crippen LogP contribution in [0.1, 0.15) is 96.8 Å². The van der Waals surface area contributed by atoms with Gasteiger partial charge < -0.3 is 24.8 Å². The largest absolute Gasteiger partial charge is 0.481 e. The summed E-state index contributed by atoms with van der Waals surface area (Å²) in [4.78, 5) is 33.3. The monoisotopic (exact) mass is 432 g/mol.